The molecule has 0 spiro atoms. The molecule has 0 bridgehead atoms. The van der Waals surface area contributed by atoms with Crippen molar-refractivity contribution >= 4 is 11.9 Å². The SMILES string of the molecule is C=CCOc1ccc(C(=O)N(CC(=O)OCC)CC(C)C)cc1OC. The van der Waals surface area contributed by atoms with Gasteiger partial charge in [-0.15, -0.1) is 0 Å². The van der Waals surface area contributed by atoms with Gasteiger partial charge in [0.1, 0.15) is 13.2 Å². The summed E-state index contributed by atoms with van der Waals surface area (Å²) in [5, 5.41) is 0. The highest BCUT2D eigenvalue weighted by Crippen LogP contribution is 2.28. The smallest absolute Gasteiger partial charge is 0.325 e. The lowest BCUT2D eigenvalue weighted by Gasteiger charge is -2.24. The first-order valence-corrected chi connectivity index (χ1v) is 8.29. The lowest BCUT2D eigenvalue weighted by atomic mass is 10.1. The Labute approximate surface area is 149 Å². The Balaban J connectivity index is 3.02. The van der Waals surface area contributed by atoms with Crippen LogP contribution in [0.2, 0.25) is 0 Å². The van der Waals surface area contributed by atoms with E-state index in [-0.39, 0.29) is 25.0 Å². The zero-order chi connectivity index (χ0) is 18.8. The lowest BCUT2D eigenvalue weighted by Crippen LogP contribution is -2.39. The summed E-state index contributed by atoms with van der Waals surface area (Å²) in [5.41, 5.74) is 0.424. The minimum Gasteiger partial charge on any atom is -0.493 e. The summed E-state index contributed by atoms with van der Waals surface area (Å²) >= 11 is 0. The molecule has 138 valence electrons. The van der Waals surface area contributed by atoms with E-state index in [1.165, 1.54) is 12.0 Å². The number of ether oxygens (including phenoxy) is 3. The number of benzene rings is 1. The minimum absolute atomic E-state index is 0.0815. The van der Waals surface area contributed by atoms with Gasteiger partial charge in [-0.05, 0) is 31.0 Å². The quantitative estimate of drug-likeness (QED) is 0.480. The zero-order valence-corrected chi connectivity index (χ0v) is 15.4. The molecule has 0 unspecified atom stereocenters. The summed E-state index contributed by atoms with van der Waals surface area (Å²) in [6, 6.07) is 4.94. The Hall–Kier alpha value is -2.50. The van der Waals surface area contributed by atoms with Crippen molar-refractivity contribution in [3.63, 3.8) is 0 Å². The Bertz CT molecular complexity index is 597. The fraction of sp³-hybridized carbons (Fsp3) is 0.474. The molecule has 0 saturated carbocycles. The van der Waals surface area contributed by atoms with Gasteiger partial charge in [0.05, 0.1) is 13.7 Å². The number of methoxy groups -OCH3 is 1. The fourth-order valence-electron chi connectivity index (χ4n) is 2.27. The van der Waals surface area contributed by atoms with Gasteiger partial charge in [-0.3, -0.25) is 9.59 Å². The molecule has 0 radical (unpaired) electrons. The zero-order valence-electron chi connectivity index (χ0n) is 15.4. The van der Waals surface area contributed by atoms with Crippen LogP contribution in [0.1, 0.15) is 31.1 Å². The largest absolute Gasteiger partial charge is 0.493 e. The van der Waals surface area contributed by atoms with Gasteiger partial charge in [0.15, 0.2) is 11.5 Å². The second-order valence-corrected chi connectivity index (χ2v) is 5.85. The highest BCUT2D eigenvalue weighted by molar-refractivity contribution is 5.96. The Morgan fingerprint density at radius 1 is 1.28 bits per heavy atom. The number of hydrogen-bond acceptors (Lipinski definition) is 5. The average molecular weight is 349 g/mol. The van der Waals surface area contributed by atoms with Gasteiger partial charge < -0.3 is 19.1 Å². The van der Waals surface area contributed by atoms with Crippen LogP contribution in [0, 0.1) is 5.92 Å². The second-order valence-electron chi connectivity index (χ2n) is 5.85. The standard InChI is InChI=1S/C19H27NO5/c1-6-10-25-16-9-8-15(11-17(16)23-5)19(22)20(12-14(3)4)13-18(21)24-7-2/h6,8-9,11,14H,1,7,10,12-13H2,2-5H3. The molecule has 0 heterocycles. The van der Waals surface area contributed by atoms with Crippen LogP contribution in [-0.2, 0) is 9.53 Å². The van der Waals surface area contributed by atoms with E-state index in [9.17, 15) is 9.59 Å². The number of carbonyl (C=O) groups is 2. The van der Waals surface area contributed by atoms with Crippen LogP contribution >= 0.6 is 0 Å². The average Bonchev–Trinajstić information content (AvgIpc) is 2.58. The summed E-state index contributed by atoms with van der Waals surface area (Å²) in [6.45, 7) is 10.3. The molecule has 1 amide bonds. The van der Waals surface area contributed by atoms with E-state index in [2.05, 4.69) is 6.58 Å². The van der Waals surface area contributed by atoms with E-state index >= 15 is 0 Å². The monoisotopic (exact) mass is 349 g/mol. The third kappa shape index (κ3) is 6.49. The molecule has 0 fully saturated rings. The van der Waals surface area contributed by atoms with Gasteiger partial charge in [-0.25, -0.2) is 0 Å². The van der Waals surface area contributed by atoms with E-state index in [0.717, 1.165) is 0 Å². The van der Waals surface area contributed by atoms with Crippen LogP contribution in [0.25, 0.3) is 0 Å². The summed E-state index contributed by atoms with van der Waals surface area (Å²) in [6.07, 6.45) is 1.63. The van der Waals surface area contributed by atoms with Crippen LogP contribution in [0.5, 0.6) is 11.5 Å². The number of carbonyl (C=O) groups excluding carboxylic acids is 2. The van der Waals surface area contributed by atoms with Gasteiger partial charge in [0.25, 0.3) is 5.91 Å². The van der Waals surface area contributed by atoms with Crippen LogP contribution in [0.4, 0.5) is 0 Å². The molecule has 0 aromatic heterocycles. The maximum Gasteiger partial charge on any atom is 0.325 e. The summed E-state index contributed by atoms with van der Waals surface area (Å²) in [5.74, 6) is 0.522. The fourth-order valence-corrected chi connectivity index (χ4v) is 2.27. The van der Waals surface area contributed by atoms with Gasteiger partial charge in [-0.1, -0.05) is 26.5 Å². The molecule has 6 heteroatoms. The first-order chi connectivity index (χ1) is 11.9. The molecule has 25 heavy (non-hydrogen) atoms. The summed E-state index contributed by atoms with van der Waals surface area (Å²) in [4.78, 5) is 26.1. The van der Waals surface area contributed by atoms with Crippen molar-refractivity contribution in [2.75, 3.05) is 33.4 Å². The first kappa shape index (κ1) is 20.5. The van der Waals surface area contributed by atoms with Crippen LogP contribution in [0.15, 0.2) is 30.9 Å². The number of hydrogen-bond donors (Lipinski definition) is 0. The Kier molecular flexibility index (Phi) is 8.53. The number of esters is 1. The van der Waals surface area contributed by atoms with Gasteiger partial charge in [-0.2, -0.15) is 0 Å². The van der Waals surface area contributed by atoms with Crippen molar-refractivity contribution in [2.24, 2.45) is 5.92 Å². The van der Waals surface area contributed by atoms with E-state index in [1.807, 2.05) is 13.8 Å². The molecule has 0 N–H and O–H groups in total. The van der Waals surface area contributed by atoms with E-state index < -0.39 is 5.97 Å². The van der Waals surface area contributed by atoms with E-state index in [4.69, 9.17) is 14.2 Å². The van der Waals surface area contributed by atoms with Crippen molar-refractivity contribution in [3.8, 4) is 11.5 Å². The van der Waals surface area contributed by atoms with Crippen molar-refractivity contribution in [1.82, 2.24) is 4.90 Å². The van der Waals surface area contributed by atoms with E-state index in [1.54, 1.807) is 31.2 Å². The molecule has 1 aromatic rings. The normalized spacial score (nSPS) is 10.3. The predicted octanol–water partition coefficient (Wildman–Crippen LogP) is 2.92. The third-order valence-electron chi connectivity index (χ3n) is 3.27. The summed E-state index contributed by atoms with van der Waals surface area (Å²) < 4.78 is 15.7. The number of amides is 1. The van der Waals surface area contributed by atoms with Crippen molar-refractivity contribution in [3.05, 3.63) is 36.4 Å². The van der Waals surface area contributed by atoms with Gasteiger partial charge in [0.2, 0.25) is 0 Å². The van der Waals surface area contributed by atoms with Crippen LogP contribution in [-0.4, -0.2) is 50.2 Å². The van der Waals surface area contributed by atoms with Gasteiger partial charge >= 0.3 is 5.97 Å². The maximum atomic E-state index is 12.8. The maximum absolute atomic E-state index is 12.8. The second kappa shape index (κ2) is 10.4. The molecule has 6 nitrogen and oxygen atoms in total. The third-order valence-corrected chi connectivity index (χ3v) is 3.27. The molecule has 0 aliphatic rings. The van der Waals surface area contributed by atoms with Crippen LogP contribution in [0.3, 0.4) is 0 Å². The van der Waals surface area contributed by atoms with Crippen molar-refractivity contribution in [2.45, 2.75) is 20.8 Å². The van der Waals surface area contributed by atoms with E-state index in [0.29, 0.717) is 30.2 Å². The molecular formula is C19H27NO5. The van der Waals surface area contributed by atoms with Crippen molar-refractivity contribution in [1.29, 1.82) is 0 Å². The Morgan fingerprint density at radius 2 is 2.00 bits per heavy atom. The molecule has 0 atom stereocenters. The Morgan fingerprint density at radius 3 is 2.56 bits per heavy atom. The molecule has 0 aliphatic carbocycles. The molecular weight excluding hydrogens is 322 g/mol. The van der Waals surface area contributed by atoms with Crippen molar-refractivity contribution < 1.29 is 23.8 Å². The summed E-state index contributed by atoms with van der Waals surface area (Å²) in [7, 11) is 1.51. The number of nitrogens with zero attached hydrogens (tertiary/aromatic N) is 1. The molecule has 0 aliphatic heterocycles. The highest BCUT2D eigenvalue weighted by atomic mass is 16.5. The van der Waals surface area contributed by atoms with Crippen LogP contribution < -0.4 is 9.47 Å². The molecule has 0 saturated heterocycles. The predicted molar refractivity (Wildman–Crippen MR) is 96.1 cm³/mol. The first-order valence-electron chi connectivity index (χ1n) is 8.29. The highest BCUT2D eigenvalue weighted by Gasteiger charge is 2.21. The molecule has 1 rings (SSSR count). The van der Waals surface area contributed by atoms with Gasteiger partial charge in [0, 0.05) is 12.1 Å². The number of rotatable bonds is 10. The molecule has 1 aromatic carbocycles. The topological polar surface area (TPSA) is 65.1 Å². The lowest BCUT2D eigenvalue weighted by molar-refractivity contribution is -0.143. The minimum atomic E-state index is -0.422.